The molecule has 6 heteroatoms. The Labute approximate surface area is 189 Å². The number of aryl methyl sites for hydroxylation is 2. The first-order valence-corrected chi connectivity index (χ1v) is 11.2. The van der Waals surface area contributed by atoms with Crippen LogP contribution < -0.4 is 0 Å². The van der Waals surface area contributed by atoms with Crippen LogP contribution in [0.1, 0.15) is 67.0 Å². The van der Waals surface area contributed by atoms with E-state index in [0.717, 1.165) is 40.7 Å². The Morgan fingerprint density at radius 1 is 1.09 bits per heavy atom. The van der Waals surface area contributed by atoms with Crippen molar-refractivity contribution in [3.63, 3.8) is 0 Å². The number of benzene rings is 2. The Balaban J connectivity index is 1.72. The van der Waals surface area contributed by atoms with Gasteiger partial charge in [0, 0.05) is 12.8 Å². The average Bonchev–Trinajstić information content (AvgIpc) is 2.71. The number of hydrogen-bond acceptors (Lipinski definition) is 5. The van der Waals surface area contributed by atoms with Crippen LogP contribution in [0.3, 0.4) is 0 Å². The molecule has 0 bridgehead atoms. The molecular formula is C26H34O6. The highest BCUT2D eigenvalue weighted by atomic mass is 16.5. The van der Waals surface area contributed by atoms with Crippen molar-refractivity contribution in [3.05, 3.63) is 70.3 Å². The Kier molecular flexibility index (Phi) is 7.72. The second-order valence-corrected chi connectivity index (χ2v) is 9.42. The van der Waals surface area contributed by atoms with Gasteiger partial charge in [-0.05, 0) is 67.9 Å². The first kappa shape index (κ1) is 24.4. The maximum Gasteiger partial charge on any atom is 0.303 e. The molecule has 1 aliphatic rings. The zero-order valence-electron chi connectivity index (χ0n) is 19.0. The summed E-state index contributed by atoms with van der Waals surface area (Å²) in [6.45, 7) is 5.20. The van der Waals surface area contributed by atoms with E-state index in [-0.39, 0.29) is 12.8 Å². The lowest BCUT2D eigenvalue weighted by atomic mass is 9.86. The molecule has 2 aromatic rings. The van der Waals surface area contributed by atoms with Gasteiger partial charge in [-0.3, -0.25) is 4.79 Å². The monoisotopic (exact) mass is 442 g/mol. The van der Waals surface area contributed by atoms with E-state index in [0.29, 0.717) is 6.42 Å². The number of aliphatic carboxylic acids is 1. The molecular weight excluding hydrogens is 408 g/mol. The van der Waals surface area contributed by atoms with Gasteiger partial charge in [0.1, 0.15) is 12.2 Å². The van der Waals surface area contributed by atoms with Crippen LogP contribution in [-0.4, -0.2) is 50.3 Å². The SMILES string of the molecule is Cc1ccc(C2CC(O)[C@H](O)C(C(C)(C)O)O2)cc1Cc1ccc(CCCC(=O)O)cc1. The fraction of sp³-hybridized carbons (Fsp3) is 0.500. The molecule has 0 amide bonds. The summed E-state index contributed by atoms with van der Waals surface area (Å²) in [6.07, 6.45) is -0.843. The van der Waals surface area contributed by atoms with Crippen molar-refractivity contribution >= 4 is 5.97 Å². The van der Waals surface area contributed by atoms with Gasteiger partial charge < -0.3 is 25.2 Å². The van der Waals surface area contributed by atoms with Crippen LogP contribution in [-0.2, 0) is 22.4 Å². The third-order valence-corrected chi connectivity index (χ3v) is 6.19. The molecule has 0 spiro atoms. The summed E-state index contributed by atoms with van der Waals surface area (Å²) in [5, 5.41) is 39.8. The molecule has 3 rings (SSSR count). The van der Waals surface area contributed by atoms with Gasteiger partial charge in [-0.2, -0.15) is 0 Å². The van der Waals surface area contributed by atoms with Crippen molar-refractivity contribution in [2.75, 3.05) is 0 Å². The number of carbonyl (C=O) groups is 1. The first-order chi connectivity index (χ1) is 15.0. The smallest absolute Gasteiger partial charge is 0.303 e. The number of hydrogen-bond donors (Lipinski definition) is 4. The summed E-state index contributed by atoms with van der Waals surface area (Å²) in [6, 6.07) is 14.3. The van der Waals surface area contributed by atoms with Gasteiger partial charge in [0.15, 0.2) is 0 Å². The summed E-state index contributed by atoms with van der Waals surface area (Å²) >= 11 is 0. The third kappa shape index (κ3) is 6.17. The van der Waals surface area contributed by atoms with Gasteiger partial charge in [0.2, 0.25) is 0 Å². The van der Waals surface area contributed by atoms with E-state index in [1.54, 1.807) is 13.8 Å². The van der Waals surface area contributed by atoms with Gasteiger partial charge in [-0.25, -0.2) is 0 Å². The molecule has 0 saturated carbocycles. The van der Waals surface area contributed by atoms with Gasteiger partial charge in [-0.1, -0.05) is 42.5 Å². The van der Waals surface area contributed by atoms with Gasteiger partial charge >= 0.3 is 5.97 Å². The van der Waals surface area contributed by atoms with Crippen molar-refractivity contribution in [2.24, 2.45) is 0 Å². The normalized spacial score (nSPS) is 23.8. The third-order valence-electron chi connectivity index (χ3n) is 6.19. The predicted octanol–water partition coefficient (Wildman–Crippen LogP) is 3.32. The Morgan fingerprint density at radius 2 is 1.75 bits per heavy atom. The van der Waals surface area contributed by atoms with E-state index in [1.807, 2.05) is 24.3 Å². The van der Waals surface area contributed by atoms with E-state index < -0.39 is 36.0 Å². The standard InChI is InChI=1S/C26H34O6/c1-16-7-12-19(22-15-21(27)24(30)25(32-22)26(2,3)31)14-20(16)13-18-10-8-17(9-11-18)5-4-6-23(28)29/h7-12,14,21-22,24-25,27,30-31H,4-6,13,15H2,1-3H3,(H,28,29)/t21?,22?,24-,25?/m0/s1. The number of rotatable bonds is 8. The van der Waals surface area contributed by atoms with E-state index in [9.17, 15) is 20.1 Å². The van der Waals surface area contributed by atoms with Crippen LogP contribution in [0.4, 0.5) is 0 Å². The van der Waals surface area contributed by atoms with E-state index >= 15 is 0 Å². The minimum absolute atomic E-state index is 0.178. The predicted molar refractivity (Wildman–Crippen MR) is 122 cm³/mol. The number of carboxylic acids is 1. The molecule has 6 nitrogen and oxygen atoms in total. The fourth-order valence-electron chi connectivity index (χ4n) is 4.24. The molecule has 0 aromatic heterocycles. The van der Waals surface area contributed by atoms with Crippen LogP contribution >= 0.6 is 0 Å². The van der Waals surface area contributed by atoms with Crippen LogP contribution in [0.5, 0.6) is 0 Å². The second kappa shape index (κ2) is 10.1. The first-order valence-electron chi connectivity index (χ1n) is 11.2. The van der Waals surface area contributed by atoms with Gasteiger partial charge in [0.05, 0.1) is 17.8 Å². The molecule has 4 N–H and O–H groups in total. The molecule has 1 aliphatic heterocycles. The summed E-state index contributed by atoms with van der Waals surface area (Å²) in [4.78, 5) is 10.7. The number of aliphatic hydroxyl groups is 3. The molecule has 1 heterocycles. The largest absolute Gasteiger partial charge is 0.481 e. The molecule has 0 aliphatic carbocycles. The maximum atomic E-state index is 10.7. The zero-order chi connectivity index (χ0) is 23.5. The molecule has 0 radical (unpaired) electrons. The molecule has 4 atom stereocenters. The zero-order valence-corrected chi connectivity index (χ0v) is 19.0. The van der Waals surface area contributed by atoms with Crippen molar-refractivity contribution < 1.29 is 30.0 Å². The van der Waals surface area contributed by atoms with Crippen LogP contribution in [0.2, 0.25) is 0 Å². The summed E-state index contributed by atoms with van der Waals surface area (Å²) < 4.78 is 6.03. The van der Waals surface area contributed by atoms with E-state index in [2.05, 4.69) is 25.1 Å². The molecule has 1 fully saturated rings. The maximum absolute atomic E-state index is 10.7. The van der Waals surface area contributed by atoms with Gasteiger partial charge in [-0.15, -0.1) is 0 Å². The van der Waals surface area contributed by atoms with E-state index in [1.165, 1.54) is 0 Å². The molecule has 2 aromatic carbocycles. The lowest BCUT2D eigenvalue weighted by molar-refractivity contribution is -0.223. The van der Waals surface area contributed by atoms with Crippen molar-refractivity contribution in [1.29, 1.82) is 0 Å². The van der Waals surface area contributed by atoms with Gasteiger partial charge in [0.25, 0.3) is 0 Å². The Morgan fingerprint density at radius 3 is 2.38 bits per heavy atom. The molecule has 174 valence electrons. The topological polar surface area (TPSA) is 107 Å². The minimum atomic E-state index is -1.28. The average molecular weight is 443 g/mol. The highest BCUT2D eigenvalue weighted by Gasteiger charge is 2.44. The van der Waals surface area contributed by atoms with Crippen LogP contribution in [0, 0.1) is 6.92 Å². The highest BCUT2D eigenvalue weighted by molar-refractivity contribution is 5.66. The number of aliphatic hydroxyl groups excluding tert-OH is 2. The number of ether oxygens (including phenoxy) is 1. The quantitative estimate of drug-likeness (QED) is 0.500. The summed E-state index contributed by atoms with van der Waals surface area (Å²) in [5.41, 5.74) is 4.21. The lowest BCUT2D eigenvalue weighted by Crippen LogP contribution is -2.55. The fourth-order valence-corrected chi connectivity index (χ4v) is 4.24. The van der Waals surface area contributed by atoms with Crippen molar-refractivity contribution in [3.8, 4) is 0 Å². The lowest BCUT2D eigenvalue weighted by Gasteiger charge is -2.42. The summed E-state index contributed by atoms with van der Waals surface area (Å²) in [5.74, 6) is -0.769. The van der Waals surface area contributed by atoms with Crippen molar-refractivity contribution in [1.82, 2.24) is 0 Å². The minimum Gasteiger partial charge on any atom is -0.481 e. The summed E-state index contributed by atoms with van der Waals surface area (Å²) in [7, 11) is 0. The molecule has 32 heavy (non-hydrogen) atoms. The van der Waals surface area contributed by atoms with E-state index in [4.69, 9.17) is 9.84 Å². The number of carboxylic acid groups (broad SMARTS) is 1. The molecule has 1 saturated heterocycles. The Bertz CT molecular complexity index is 915. The van der Waals surface area contributed by atoms with Crippen molar-refractivity contribution in [2.45, 2.75) is 82.9 Å². The Hall–Kier alpha value is -2.25. The highest BCUT2D eigenvalue weighted by Crippen LogP contribution is 2.36. The van der Waals surface area contributed by atoms with Crippen LogP contribution in [0.15, 0.2) is 42.5 Å². The second-order valence-electron chi connectivity index (χ2n) is 9.42. The van der Waals surface area contributed by atoms with Crippen LogP contribution in [0.25, 0.3) is 0 Å². The molecule has 3 unspecified atom stereocenters.